The summed E-state index contributed by atoms with van der Waals surface area (Å²) >= 11 is 1.22. The number of carboxylic acid groups (broad SMARTS) is 1. The van der Waals surface area contributed by atoms with E-state index in [-0.39, 0.29) is 18.4 Å². The Hall–Kier alpha value is -0.580. The minimum Gasteiger partial charge on any atom is -0.477 e. The molecule has 0 fully saturated rings. The Balaban J connectivity index is 0.00000121. The number of hydrogen-bond acceptors (Lipinski definition) is 3. The molecule has 12 heavy (non-hydrogen) atoms. The summed E-state index contributed by atoms with van der Waals surface area (Å²) in [6.45, 7) is 1.83. The number of thiophene rings is 1. The maximum atomic E-state index is 10.4. The van der Waals surface area contributed by atoms with Gasteiger partial charge in [-0.15, -0.1) is 23.7 Å². The van der Waals surface area contributed by atoms with Gasteiger partial charge in [-0.2, -0.15) is 0 Å². The number of rotatable bonds is 2. The van der Waals surface area contributed by atoms with Gasteiger partial charge in [0.25, 0.3) is 0 Å². The van der Waals surface area contributed by atoms with Crippen molar-refractivity contribution in [2.75, 3.05) is 0 Å². The molecule has 0 bridgehead atoms. The van der Waals surface area contributed by atoms with Gasteiger partial charge in [-0.3, -0.25) is 0 Å². The van der Waals surface area contributed by atoms with Crippen molar-refractivity contribution in [3.05, 3.63) is 21.9 Å². The normalized spacial score (nSPS) is 11.8. The van der Waals surface area contributed by atoms with Crippen LogP contribution in [0.3, 0.4) is 0 Å². The van der Waals surface area contributed by atoms with Crippen molar-refractivity contribution in [3.63, 3.8) is 0 Å². The molecule has 1 rings (SSSR count). The van der Waals surface area contributed by atoms with Crippen molar-refractivity contribution in [3.8, 4) is 0 Å². The molecule has 0 amide bonds. The molecule has 1 heterocycles. The minimum absolute atomic E-state index is 0. The topological polar surface area (TPSA) is 63.3 Å². The second-order valence-electron chi connectivity index (χ2n) is 2.30. The first kappa shape index (κ1) is 11.4. The van der Waals surface area contributed by atoms with Gasteiger partial charge in [0.2, 0.25) is 0 Å². The lowest BCUT2D eigenvalue weighted by atomic mass is 10.3. The van der Waals surface area contributed by atoms with Crippen LogP contribution in [-0.4, -0.2) is 11.1 Å². The predicted octanol–water partition coefficient (Wildman–Crippen LogP) is 1.89. The Morgan fingerprint density at radius 2 is 2.25 bits per heavy atom. The number of aromatic carboxylic acids is 1. The molecule has 0 aromatic carbocycles. The van der Waals surface area contributed by atoms with E-state index in [0.717, 1.165) is 4.88 Å². The molecule has 3 N–H and O–H groups in total. The lowest BCUT2D eigenvalue weighted by molar-refractivity contribution is 0.0702. The van der Waals surface area contributed by atoms with Crippen LogP contribution in [0.15, 0.2) is 12.1 Å². The standard InChI is InChI=1S/C7H9NO2S.ClH/c1-4(8)5-2-3-6(11-5)7(9)10;/h2-4H,8H2,1H3,(H,9,10);1H/t4-;/m1./s1. The van der Waals surface area contributed by atoms with Crippen molar-refractivity contribution < 1.29 is 9.90 Å². The van der Waals surface area contributed by atoms with Crippen LogP contribution < -0.4 is 5.73 Å². The van der Waals surface area contributed by atoms with E-state index in [4.69, 9.17) is 10.8 Å². The quantitative estimate of drug-likeness (QED) is 0.779. The first-order valence-corrected chi connectivity index (χ1v) is 4.01. The molecule has 1 aromatic heterocycles. The average Bonchev–Trinajstić information content (AvgIpc) is 2.33. The molecule has 1 atom stereocenters. The predicted molar refractivity (Wildman–Crippen MR) is 51.1 cm³/mol. The molecule has 0 aliphatic carbocycles. The number of carboxylic acids is 1. The van der Waals surface area contributed by atoms with Crippen LogP contribution in [0.25, 0.3) is 0 Å². The maximum absolute atomic E-state index is 10.4. The van der Waals surface area contributed by atoms with Gasteiger partial charge in [0.15, 0.2) is 0 Å². The fraction of sp³-hybridized carbons (Fsp3) is 0.286. The Morgan fingerprint density at radius 3 is 2.50 bits per heavy atom. The summed E-state index contributed by atoms with van der Waals surface area (Å²) in [7, 11) is 0. The van der Waals surface area contributed by atoms with E-state index in [2.05, 4.69) is 0 Å². The van der Waals surface area contributed by atoms with E-state index in [1.807, 2.05) is 6.92 Å². The second-order valence-corrected chi connectivity index (χ2v) is 3.41. The third-order valence-corrected chi connectivity index (χ3v) is 2.56. The van der Waals surface area contributed by atoms with Crippen LogP contribution in [0, 0.1) is 0 Å². The fourth-order valence-corrected chi connectivity index (χ4v) is 1.51. The number of nitrogens with two attached hydrogens (primary N) is 1. The van der Waals surface area contributed by atoms with E-state index >= 15 is 0 Å². The molecule has 0 spiro atoms. The average molecular weight is 208 g/mol. The zero-order valence-electron chi connectivity index (χ0n) is 6.48. The zero-order valence-corrected chi connectivity index (χ0v) is 8.11. The molecule has 3 nitrogen and oxygen atoms in total. The summed E-state index contributed by atoms with van der Waals surface area (Å²) < 4.78 is 0. The highest BCUT2D eigenvalue weighted by atomic mass is 35.5. The Morgan fingerprint density at radius 1 is 1.67 bits per heavy atom. The lowest BCUT2D eigenvalue weighted by Gasteiger charge is -1.97. The second kappa shape index (κ2) is 4.45. The van der Waals surface area contributed by atoms with Crippen molar-refractivity contribution in [1.82, 2.24) is 0 Å². The van der Waals surface area contributed by atoms with E-state index in [1.54, 1.807) is 12.1 Å². The highest BCUT2D eigenvalue weighted by Crippen LogP contribution is 2.21. The SMILES string of the molecule is C[C@@H](N)c1ccc(C(=O)O)s1.Cl. The summed E-state index contributed by atoms with van der Waals surface area (Å²) in [5.74, 6) is -0.887. The van der Waals surface area contributed by atoms with E-state index in [9.17, 15) is 4.79 Å². The van der Waals surface area contributed by atoms with Gasteiger partial charge in [-0.25, -0.2) is 4.79 Å². The van der Waals surface area contributed by atoms with Gasteiger partial charge < -0.3 is 10.8 Å². The molecular formula is C7H10ClNO2S. The third kappa shape index (κ3) is 2.48. The van der Waals surface area contributed by atoms with Crippen LogP contribution in [-0.2, 0) is 0 Å². The van der Waals surface area contributed by atoms with E-state index in [0.29, 0.717) is 4.88 Å². The molecule has 0 aliphatic heterocycles. The van der Waals surface area contributed by atoms with Gasteiger partial charge in [0, 0.05) is 10.9 Å². The largest absolute Gasteiger partial charge is 0.477 e. The summed E-state index contributed by atoms with van der Waals surface area (Å²) in [4.78, 5) is 11.7. The van der Waals surface area contributed by atoms with E-state index in [1.165, 1.54) is 11.3 Å². The first-order chi connectivity index (χ1) is 5.11. The molecule has 68 valence electrons. The highest BCUT2D eigenvalue weighted by molar-refractivity contribution is 7.14. The van der Waals surface area contributed by atoms with Crippen LogP contribution in [0.4, 0.5) is 0 Å². The van der Waals surface area contributed by atoms with Crippen LogP contribution in [0.2, 0.25) is 0 Å². The molecule has 5 heteroatoms. The van der Waals surface area contributed by atoms with Crippen LogP contribution in [0.5, 0.6) is 0 Å². The summed E-state index contributed by atoms with van der Waals surface area (Å²) in [6, 6.07) is 3.25. The molecule has 0 aliphatic rings. The van der Waals surface area contributed by atoms with Crippen molar-refractivity contribution in [1.29, 1.82) is 0 Å². The van der Waals surface area contributed by atoms with Gasteiger partial charge in [-0.1, -0.05) is 0 Å². The molecule has 1 aromatic rings. The number of hydrogen-bond donors (Lipinski definition) is 2. The molecular weight excluding hydrogens is 198 g/mol. The molecule has 0 radical (unpaired) electrons. The molecule has 0 saturated carbocycles. The summed E-state index contributed by atoms with van der Waals surface area (Å²) in [5, 5.41) is 8.55. The zero-order chi connectivity index (χ0) is 8.43. The Bertz CT molecular complexity index is 272. The Kier molecular flexibility index (Phi) is 4.23. The van der Waals surface area contributed by atoms with Gasteiger partial charge >= 0.3 is 5.97 Å². The van der Waals surface area contributed by atoms with Gasteiger partial charge in [0.05, 0.1) is 0 Å². The lowest BCUT2D eigenvalue weighted by Crippen LogP contribution is -2.01. The molecule has 0 saturated heterocycles. The Labute approximate surface area is 80.6 Å². The maximum Gasteiger partial charge on any atom is 0.345 e. The van der Waals surface area contributed by atoms with Crippen molar-refractivity contribution in [2.45, 2.75) is 13.0 Å². The smallest absolute Gasteiger partial charge is 0.345 e. The van der Waals surface area contributed by atoms with Crippen molar-refractivity contribution >= 4 is 29.7 Å². The van der Waals surface area contributed by atoms with E-state index < -0.39 is 5.97 Å². The monoisotopic (exact) mass is 207 g/mol. The third-order valence-electron chi connectivity index (χ3n) is 1.29. The van der Waals surface area contributed by atoms with Crippen LogP contribution >= 0.6 is 23.7 Å². The number of halogens is 1. The van der Waals surface area contributed by atoms with Gasteiger partial charge in [0.1, 0.15) is 4.88 Å². The first-order valence-electron chi connectivity index (χ1n) is 3.20. The van der Waals surface area contributed by atoms with Gasteiger partial charge in [-0.05, 0) is 19.1 Å². The fourth-order valence-electron chi connectivity index (χ4n) is 0.712. The summed E-state index contributed by atoms with van der Waals surface area (Å²) in [5.41, 5.74) is 5.54. The summed E-state index contributed by atoms with van der Waals surface area (Å²) in [6.07, 6.45) is 0. The van der Waals surface area contributed by atoms with Crippen LogP contribution in [0.1, 0.15) is 27.5 Å². The van der Waals surface area contributed by atoms with Crippen molar-refractivity contribution in [2.24, 2.45) is 5.73 Å². The number of carbonyl (C=O) groups is 1. The minimum atomic E-state index is -0.887. The highest BCUT2D eigenvalue weighted by Gasteiger charge is 2.08. The molecule has 0 unspecified atom stereocenters.